The highest BCUT2D eigenvalue weighted by atomic mass is 16.5. The van der Waals surface area contributed by atoms with Crippen molar-refractivity contribution in [2.45, 2.75) is 52.2 Å². The highest BCUT2D eigenvalue weighted by Gasteiger charge is 2.28. The lowest BCUT2D eigenvalue weighted by Crippen LogP contribution is -2.56. The number of nitrogens with zero attached hydrogens (tertiary/aromatic N) is 2. The smallest absolute Gasteiger partial charge is 0.251 e. The molecule has 1 aliphatic heterocycles. The zero-order valence-corrected chi connectivity index (χ0v) is 18.5. The van der Waals surface area contributed by atoms with Crippen molar-refractivity contribution in [2.24, 2.45) is 4.99 Å². The van der Waals surface area contributed by atoms with Crippen molar-refractivity contribution in [1.82, 2.24) is 20.9 Å². The van der Waals surface area contributed by atoms with E-state index in [0.717, 1.165) is 50.8 Å². The molecule has 162 valence electrons. The molecule has 1 amide bonds. The van der Waals surface area contributed by atoms with E-state index in [1.165, 1.54) is 0 Å². The van der Waals surface area contributed by atoms with Crippen molar-refractivity contribution >= 4 is 11.9 Å². The normalized spacial score (nSPS) is 16.9. The van der Waals surface area contributed by atoms with E-state index in [4.69, 9.17) is 4.74 Å². The Morgan fingerprint density at radius 1 is 1.21 bits per heavy atom. The summed E-state index contributed by atoms with van der Waals surface area (Å²) in [6.07, 6.45) is 0.919. The van der Waals surface area contributed by atoms with Gasteiger partial charge in [-0.25, -0.2) is 0 Å². The monoisotopic (exact) mass is 403 g/mol. The highest BCUT2D eigenvalue weighted by Crippen LogP contribution is 2.15. The molecule has 2 rings (SSSR count). The molecular formula is C22H37N5O2. The average Bonchev–Trinajstić information content (AvgIpc) is 2.74. The lowest BCUT2D eigenvalue weighted by molar-refractivity contribution is -0.00834. The number of carbonyl (C=O) groups is 1. The number of amides is 1. The van der Waals surface area contributed by atoms with Gasteiger partial charge in [-0.2, -0.15) is 0 Å². The maximum atomic E-state index is 12.2. The van der Waals surface area contributed by atoms with Gasteiger partial charge in [0.1, 0.15) is 0 Å². The van der Waals surface area contributed by atoms with E-state index in [9.17, 15) is 4.79 Å². The van der Waals surface area contributed by atoms with Gasteiger partial charge in [-0.1, -0.05) is 19.1 Å². The summed E-state index contributed by atoms with van der Waals surface area (Å²) in [5, 5.41) is 9.76. The molecule has 0 aliphatic carbocycles. The Hall–Kier alpha value is -2.12. The van der Waals surface area contributed by atoms with Crippen LogP contribution in [0.4, 0.5) is 0 Å². The molecule has 1 saturated heterocycles. The second-order valence-electron chi connectivity index (χ2n) is 8.17. The Bertz CT molecular complexity index is 666. The van der Waals surface area contributed by atoms with Crippen LogP contribution in [0.2, 0.25) is 0 Å². The third-order valence-electron chi connectivity index (χ3n) is 5.45. The van der Waals surface area contributed by atoms with Crippen LogP contribution in [-0.4, -0.2) is 68.2 Å². The minimum atomic E-state index is -0.0262. The molecule has 1 heterocycles. The molecule has 3 N–H and O–H groups in total. The van der Waals surface area contributed by atoms with Gasteiger partial charge in [0.2, 0.25) is 0 Å². The number of morpholine rings is 1. The van der Waals surface area contributed by atoms with Crippen LogP contribution in [0.1, 0.15) is 50.0 Å². The lowest BCUT2D eigenvalue weighted by atomic mass is 10.0. The molecule has 29 heavy (non-hydrogen) atoms. The van der Waals surface area contributed by atoms with Crippen LogP contribution in [0.25, 0.3) is 0 Å². The summed E-state index contributed by atoms with van der Waals surface area (Å²) in [5.41, 5.74) is 1.80. The maximum Gasteiger partial charge on any atom is 0.251 e. The van der Waals surface area contributed by atoms with Gasteiger partial charge >= 0.3 is 0 Å². The molecule has 0 bridgehead atoms. The SMILES string of the molecule is CCC(C)NC(=O)c1ccc(CNC(=NC)NCC(C)(C)N2CCOCC2)cc1. The maximum absolute atomic E-state index is 12.2. The van der Waals surface area contributed by atoms with E-state index in [1.54, 1.807) is 7.05 Å². The minimum absolute atomic E-state index is 0.0199. The summed E-state index contributed by atoms with van der Waals surface area (Å²) in [6, 6.07) is 7.87. The van der Waals surface area contributed by atoms with Crippen LogP contribution >= 0.6 is 0 Å². The summed E-state index contributed by atoms with van der Waals surface area (Å²) in [7, 11) is 1.78. The summed E-state index contributed by atoms with van der Waals surface area (Å²) >= 11 is 0. The van der Waals surface area contributed by atoms with E-state index >= 15 is 0 Å². The third kappa shape index (κ3) is 7.33. The van der Waals surface area contributed by atoms with Crippen LogP contribution in [0, 0.1) is 0 Å². The number of guanidine groups is 1. The summed E-state index contributed by atoms with van der Waals surface area (Å²) in [6.45, 7) is 13.5. The van der Waals surface area contributed by atoms with Gasteiger partial charge in [0, 0.05) is 50.4 Å². The van der Waals surface area contributed by atoms with E-state index < -0.39 is 0 Å². The van der Waals surface area contributed by atoms with Gasteiger partial charge in [-0.3, -0.25) is 14.7 Å². The summed E-state index contributed by atoms with van der Waals surface area (Å²) < 4.78 is 5.45. The quantitative estimate of drug-likeness (QED) is 0.457. The first-order chi connectivity index (χ1) is 13.9. The first kappa shape index (κ1) is 23.2. The Balaban J connectivity index is 1.82. The van der Waals surface area contributed by atoms with Gasteiger partial charge in [0.05, 0.1) is 13.2 Å². The number of nitrogens with one attached hydrogen (secondary N) is 3. The average molecular weight is 404 g/mol. The fourth-order valence-corrected chi connectivity index (χ4v) is 3.17. The van der Waals surface area contributed by atoms with Crippen LogP contribution < -0.4 is 16.0 Å². The van der Waals surface area contributed by atoms with E-state index in [1.807, 2.05) is 31.2 Å². The fourth-order valence-electron chi connectivity index (χ4n) is 3.17. The molecule has 0 spiro atoms. The van der Waals surface area contributed by atoms with Crippen molar-refractivity contribution in [3.63, 3.8) is 0 Å². The highest BCUT2D eigenvalue weighted by molar-refractivity contribution is 5.94. The second kappa shape index (κ2) is 11.2. The number of rotatable bonds is 8. The third-order valence-corrected chi connectivity index (χ3v) is 5.45. The number of benzene rings is 1. The predicted octanol–water partition coefficient (Wildman–Crippen LogP) is 1.99. The van der Waals surface area contributed by atoms with Gasteiger partial charge in [0.15, 0.2) is 5.96 Å². The second-order valence-corrected chi connectivity index (χ2v) is 8.17. The van der Waals surface area contributed by atoms with Crippen molar-refractivity contribution < 1.29 is 9.53 Å². The lowest BCUT2D eigenvalue weighted by Gasteiger charge is -2.41. The molecule has 7 nitrogen and oxygen atoms in total. The first-order valence-electron chi connectivity index (χ1n) is 10.5. The van der Waals surface area contributed by atoms with E-state index in [2.05, 4.69) is 46.6 Å². The molecule has 0 saturated carbocycles. The zero-order valence-electron chi connectivity index (χ0n) is 18.5. The van der Waals surface area contributed by atoms with Crippen molar-refractivity contribution in [3.8, 4) is 0 Å². The Labute approximate surface area is 175 Å². The number of carbonyl (C=O) groups excluding carboxylic acids is 1. The molecule has 1 atom stereocenters. The van der Waals surface area contributed by atoms with Crippen LogP contribution in [0.3, 0.4) is 0 Å². The molecule has 1 unspecified atom stereocenters. The van der Waals surface area contributed by atoms with E-state index in [0.29, 0.717) is 12.1 Å². The number of aliphatic imine (C=N–C) groups is 1. The van der Waals surface area contributed by atoms with Crippen LogP contribution in [0.5, 0.6) is 0 Å². The van der Waals surface area contributed by atoms with Gasteiger partial charge in [-0.15, -0.1) is 0 Å². The zero-order chi connectivity index (χ0) is 21.3. The van der Waals surface area contributed by atoms with Crippen molar-refractivity contribution in [3.05, 3.63) is 35.4 Å². The van der Waals surface area contributed by atoms with Gasteiger partial charge < -0.3 is 20.7 Å². The summed E-state index contributed by atoms with van der Waals surface area (Å²) in [4.78, 5) is 19.0. The molecule has 0 radical (unpaired) electrons. The number of hydrogen-bond donors (Lipinski definition) is 3. The Kier molecular flexibility index (Phi) is 8.92. The first-order valence-corrected chi connectivity index (χ1v) is 10.5. The van der Waals surface area contributed by atoms with Gasteiger partial charge in [0.25, 0.3) is 5.91 Å². The summed E-state index contributed by atoms with van der Waals surface area (Å²) in [5.74, 6) is 0.742. The predicted molar refractivity (Wildman–Crippen MR) is 118 cm³/mol. The largest absolute Gasteiger partial charge is 0.379 e. The fraction of sp³-hybridized carbons (Fsp3) is 0.636. The molecule has 1 aliphatic rings. The minimum Gasteiger partial charge on any atom is -0.379 e. The van der Waals surface area contributed by atoms with Crippen LogP contribution in [-0.2, 0) is 11.3 Å². The molecule has 1 fully saturated rings. The molecule has 7 heteroatoms. The van der Waals surface area contributed by atoms with Gasteiger partial charge in [-0.05, 0) is 44.9 Å². The Morgan fingerprint density at radius 2 is 1.86 bits per heavy atom. The standard InChI is InChI=1S/C22H37N5O2/c1-6-17(2)26-20(28)19-9-7-18(8-10-19)15-24-21(23-5)25-16-22(3,4)27-11-13-29-14-12-27/h7-10,17H,6,11-16H2,1-5H3,(H,26,28)(H2,23,24,25). The van der Waals surface area contributed by atoms with Crippen molar-refractivity contribution in [1.29, 1.82) is 0 Å². The number of hydrogen-bond acceptors (Lipinski definition) is 4. The van der Waals surface area contributed by atoms with E-state index in [-0.39, 0.29) is 17.5 Å². The number of ether oxygens (including phenoxy) is 1. The van der Waals surface area contributed by atoms with Crippen LogP contribution in [0.15, 0.2) is 29.3 Å². The molecule has 1 aromatic rings. The molecule has 1 aromatic carbocycles. The topological polar surface area (TPSA) is 78.0 Å². The van der Waals surface area contributed by atoms with Crippen molar-refractivity contribution in [2.75, 3.05) is 39.9 Å². The Morgan fingerprint density at radius 3 is 2.45 bits per heavy atom. The molecule has 0 aromatic heterocycles. The molecular weight excluding hydrogens is 366 g/mol.